The average molecular weight is 362 g/mol. The van der Waals surface area contributed by atoms with Crippen LogP contribution in [0.2, 0.25) is 0 Å². The fourth-order valence-electron chi connectivity index (χ4n) is 3.14. The van der Waals surface area contributed by atoms with Gasteiger partial charge < -0.3 is 15.7 Å². The lowest BCUT2D eigenvalue weighted by Crippen LogP contribution is -2.29. The lowest BCUT2D eigenvalue weighted by atomic mass is 9.93. The molecule has 1 fully saturated rings. The van der Waals surface area contributed by atoms with Crippen LogP contribution in [0.1, 0.15) is 42.4 Å². The monoisotopic (exact) mass is 362 g/mol. The van der Waals surface area contributed by atoms with Crippen molar-refractivity contribution in [3.8, 4) is 12.1 Å². The summed E-state index contributed by atoms with van der Waals surface area (Å²) in [5, 5.41) is 34.3. The number of aromatic nitrogens is 2. The second-order valence-corrected chi connectivity index (χ2v) is 6.70. The van der Waals surface area contributed by atoms with Crippen LogP contribution in [-0.4, -0.2) is 33.8 Å². The van der Waals surface area contributed by atoms with Crippen molar-refractivity contribution in [3.05, 3.63) is 47.2 Å². The van der Waals surface area contributed by atoms with Crippen LogP contribution >= 0.6 is 0 Å². The molecule has 7 nitrogen and oxygen atoms in total. The van der Waals surface area contributed by atoms with Gasteiger partial charge in [-0.2, -0.15) is 15.5 Å². The largest absolute Gasteiger partial charge is 0.393 e. The van der Waals surface area contributed by atoms with Crippen molar-refractivity contribution >= 4 is 11.8 Å². The van der Waals surface area contributed by atoms with Gasteiger partial charge in [0, 0.05) is 12.6 Å². The molecular formula is C20H22N6O. The van der Waals surface area contributed by atoms with Crippen molar-refractivity contribution in [2.75, 3.05) is 17.2 Å². The van der Waals surface area contributed by atoms with Crippen molar-refractivity contribution in [2.24, 2.45) is 0 Å². The summed E-state index contributed by atoms with van der Waals surface area (Å²) in [4.78, 5) is 8.66. The lowest BCUT2D eigenvalue weighted by Gasteiger charge is -2.26. The summed E-state index contributed by atoms with van der Waals surface area (Å²) in [6.45, 7) is 0.646. The van der Waals surface area contributed by atoms with Crippen LogP contribution in [0.25, 0.3) is 0 Å². The zero-order chi connectivity index (χ0) is 19.1. The van der Waals surface area contributed by atoms with E-state index in [9.17, 15) is 10.4 Å². The molecule has 3 N–H and O–H groups in total. The molecule has 1 aliphatic rings. The Morgan fingerprint density at radius 2 is 1.81 bits per heavy atom. The molecular weight excluding hydrogens is 340 g/mol. The minimum Gasteiger partial charge on any atom is -0.393 e. The fourth-order valence-corrected chi connectivity index (χ4v) is 3.14. The molecule has 0 spiro atoms. The van der Waals surface area contributed by atoms with E-state index in [0.29, 0.717) is 29.4 Å². The van der Waals surface area contributed by atoms with Crippen LogP contribution in [0, 0.1) is 22.7 Å². The average Bonchev–Trinajstić information content (AvgIpc) is 2.70. The minimum atomic E-state index is -0.219. The molecule has 1 saturated carbocycles. The van der Waals surface area contributed by atoms with Crippen LogP contribution in [0.5, 0.6) is 0 Å². The maximum atomic E-state index is 9.63. The normalized spacial score (nSPS) is 18.9. The van der Waals surface area contributed by atoms with E-state index in [1.807, 2.05) is 12.1 Å². The Hall–Kier alpha value is -3.16. The van der Waals surface area contributed by atoms with Crippen LogP contribution in [0.3, 0.4) is 0 Å². The molecule has 1 aromatic heterocycles. The van der Waals surface area contributed by atoms with Gasteiger partial charge >= 0.3 is 0 Å². The predicted molar refractivity (Wildman–Crippen MR) is 102 cm³/mol. The predicted octanol–water partition coefficient (Wildman–Crippen LogP) is 2.59. The van der Waals surface area contributed by atoms with E-state index in [4.69, 9.17) is 5.26 Å². The van der Waals surface area contributed by atoms with Gasteiger partial charge in [0.25, 0.3) is 0 Å². The molecule has 0 saturated heterocycles. The Labute approximate surface area is 158 Å². The second kappa shape index (κ2) is 8.98. The highest BCUT2D eigenvalue weighted by Gasteiger charge is 2.20. The molecule has 1 aromatic carbocycles. The Kier molecular flexibility index (Phi) is 6.19. The quantitative estimate of drug-likeness (QED) is 0.723. The first-order chi connectivity index (χ1) is 13.2. The molecule has 0 unspecified atom stereocenters. The molecule has 0 aliphatic heterocycles. The van der Waals surface area contributed by atoms with Crippen molar-refractivity contribution in [3.63, 3.8) is 0 Å². The Morgan fingerprint density at radius 1 is 1.07 bits per heavy atom. The number of aliphatic hydroxyl groups excluding tert-OH is 1. The number of hydrogen-bond donors (Lipinski definition) is 3. The molecule has 1 aliphatic carbocycles. The highest BCUT2D eigenvalue weighted by Crippen LogP contribution is 2.23. The molecule has 7 heteroatoms. The molecule has 1 heterocycles. The van der Waals surface area contributed by atoms with Gasteiger partial charge in [-0.1, -0.05) is 12.1 Å². The van der Waals surface area contributed by atoms with Gasteiger partial charge in [0.15, 0.2) is 0 Å². The van der Waals surface area contributed by atoms with E-state index in [-0.39, 0.29) is 12.1 Å². The second-order valence-electron chi connectivity index (χ2n) is 6.70. The first-order valence-corrected chi connectivity index (χ1v) is 9.12. The van der Waals surface area contributed by atoms with Gasteiger partial charge in [-0.05, 0) is 49.8 Å². The highest BCUT2D eigenvalue weighted by molar-refractivity contribution is 5.54. The third-order valence-electron chi connectivity index (χ3n) is 4.73. The standard InChI is InChI=1S/C20H22N6O/c21-11-15-3-1-14(2-4-15)9-10-23-20-24-13-16(12-22)19(26-20)25-17-5-7-18(27)8-6-17/h1-4,13,17-18,27H,5-10H2,(H2,23,24,25,26). The Bertz CT molecular complexity index is 844. The van der Waals surface area contributed by atoms with E-state index in [1.54, 1.807) is 12.1 Å². The Balaban J connectivity index is 1.59. The van der Waals surface area contributed by atoms with E-state index < -0.39 is 0 Å². The number of rotatable bonds is 6. The van der Waals surface area contributed by atoms with E-state index >= 15 is 0 Å². The minimum absolute atomic E-state index is 0.210. The summed E-state index contributed by atoms with van der Waals surface area (Å²) in [7, 11) is 0. The third-order valence-corrected chi connectivity index (χ3v) is 4.73. The summed E-state index contributed by atoms with van der Waals surface area (Å²) < 4.78 is 0. The first-order valence-electron chi connectivity index (χ1n) is 9.12. The van der Waals surface area contributed by atoms with Gasteiger partial charge in [0.1, 0.15) is 17.5 Å². The molecule has 138 valence electrons. The number of benzene rings is 1. The molecule has 27 heavy (non-hydrogen) atoms. The molecule has 0 atom stereocenters. The van der Waals surface area contributed by atoms with Crippen LogP contribution in [-0.2, 0) is 6.42 Å². The lowest BCUT2D eigenvalue weighted by molar-refractivity contribution is 0.126. The van der Waals surface area contributed by atoms with Gasteiger partial charge in [-0.25, -0.2) is 4.98 Å². The third kappa shape index (κ3) is 5.16. The Morgan fingerprint density at radius 3 is 2.48 bits per heavy atom. The van der Waals surface area contributed by atoms with Crippen LogP contribution in [0.4, 0.5) is 11.8 Å². The fraction of sp³-hybridized carbons (Fsp3) is 0.400. The topological polar surface area (TPSA) is 118 Å². The molecule has 3 rings (SSSR count). The molecule has 2 aromatic rings. The maximum Gasteiger partial charge on any atom is 0.224 e. The van der Waals surface area contributed by atoms with Crippen molar-refractivity contribution < 1.29 is 5.11 Å². The van der Waals surface area contributed by atoms with E-state index in [2.05, 4.69) is 32.7 Å². The highest BCUT2D eigenvalue weighted by atomic mass is 16.3. The molecule has 0 radical (unpaired) electrons. The van der Waals surface area contributed by atoms with Crippen molar-refractivity contribution in [1.29, 1.82) is 10.5 Å². The van der Waals surface area contributed by atoms with Gasteiger partial charge in [-0.15, -0.1) is 0 Å². The first kappa shape index (κ1) is 18.6. The summed E-state index contributed by atoms with van der Waals surface area (Å²) in [5.74, 6) is 1.01. The summed E-state index contributed by atoms with van der Waals surface area (Å²) >= 11 is 0. The number of hydrogen-bond acceptors (Lipinski definition) is 7. The summed E-state index contributed by atoms with van der Waals surface area (Å²) in [6.07, 6.45) is 5.33. The number of aliphatic hydroxyl groups is 1. The summed E-state index contributed by atoms with van der Waals surface area (Å²) in [5.41, 5.74) is 2.18. The SMILES string of the molecule is N#Cc1ccc(CCNc2ncc(C#N)c(NC3CCC(O)CC3)n2)cc1. The maximum absolute atomic E-state index is 9.63. The van der Waals surface area contributed by atoms with Gasteiger partial charge in [0.2, 0.25) is 5.95 Å². The number of nitrogens with one attached hydrogen (secondary N) is 2. The van der Waals surface area contributed by atoms with E-state index in [1.165, 1.54) is 6.20 Å². The molecule has 0 bridgehead atoms. The molecule has 0 amide bonds. The number of nitrogens with zero attached hydrogens (tertiary/aromatic N) is 4. The zero-order valence-corrected chi connectivity index (χ0v) is 15.0. The van der Waals surface area contributed by atoms with Crippen molar-refractivity contribution in [2.45, 2.75) is 44.2 Å². The zero-order valence-electron chi connectivity index (χ0n) is 15.0. The van der Waals surface area contributed by atoms with E-state index in [0.717, 1.165) is 37.7 Å². The van der Waals surface area contributed by atoms with Crippen molar-refractivity contribution in [1.82, 2.24) is 9.97 Å². The van der Waals surface area contributed by atoms with Gasteiger partial charge in [-0.3, -0.25) is 0 Å². The smallest absolute Gasteiger partial charge is 0.224 e. The van der Waals surface area contributed by atoms with Crippen LogP contribution in [0.15, 0.2) is 30.5 Å². The van der Waals surface area contributed by atoms with Gasteiger partial charge in [0.05, 0.1) is 23.9 Å². The van der Waals surface area contributed by atoms with Crippen LogP contribution < -0.4 is 10.6 Å². The summed E-state index contributed by atoms with van der Waals surface area (Å²) in [6, 6.07) is 11.9. The number of nitriles is 2. The number of anilines is 2.